The topological polar surface area (TPSA) is 76.7 Å². The van der Waals surface area contributed by atoms with E-state index in [1.165, 1.54) is 0 Å². The van der Waals surface area contributed by atoms with E-state index >= 15 is 0 Å². The van der Waals surface area contributed by atoms with E-state index < -0.39 is 0 Å². The summed E-state index contributed by atoms with van der Waals surface area (Å²) in [7, 11) is 1.56. The van der Waals surface area contributed by atoms with Gasteiger partial charge in [-0.25, -0.2) is 0 Å². The zero-order chi connectivity index (χ0) is 19.8. The third-order valence-electron chi connectivity index (χ3n) is 3.72. The van der Waals surface area contributed by atoms with Crippen LogP contribution in [-0.2, 0) is 9.59 Å². The zero-order valence-corrected chi connectivity index (χ0v) is 16.2. The Balaban J connectivity index is 1.86. The molecular formula is C21H26N2O4. The molecule has 2 N–H and O–H groups in total. The highest BCUT2D eigenvalue weighted by atomic mass is 16.5. The van der Waals surface area contributed by atoms with E-state index in [0.717, 1.165) is 5.56 Å². The molecule has 0 aliphatic rings. The number of methoxy groups -OCH3 is 1. The minimum absolute atomic E-state index is 0.0257. The van der Waals surface area contributed by atoms with Crippen molar-refractivity contribution >= 4 is 23.2 Å². The van der Waals surface area contributed by atoms with Gasteiger partial charge in [-0.15, -0.1) is 0 Å². The van der Waals surface area contributed by atoms with Crippen LogP contribution in [0.25, 0.3) is 0 Å². The Kier molecular flexibility index (Phi) is 7.23. The van der Waals surface area contributed by atoms with Crippen molar-refractivity contribution < 1.29 is 19.1 Å². The van der Waals surface area contributed by atoms with Crippen LogP contribution < -0.4 is 20.1 Å². The molecule has 2 aromatic carbocycles. The van der Waals surface area contributed by atoms with E-state index in [2.05, 4.69) is 10.6 Å². The van der Waals surface area contributed by atoms with Crippen molar-refractivity contribution in [3.63, 3.8) is 0 Å². The molecule has 0 atom stereocenters. The summed E-state index contributed by atoms with van der Waals surface area (Å²) in [4.78, 5) is 23.9. The molecule has 2 rings (SSSR count). The smallest absolute Gasteiger partial charge is 0.262 e. The average Bonchev–Trinajstić information content (AvgIpc) is 2.61. The number of rotatable bonds is 8. The number of amides is 2. The normalized spacial score (nSPS) is 10.4. The van der Waals surface area contributed by atoms with E-state index in [-0.39, 0.29) is 18.4 Å². The molecule has 144 valence electrons. The molecule has 2 aromatic rings. The standard InChI is InChI=1S/C21H26N2O4/c1-14(2)11-20(24)22-16-6-8-17(9-7-16)23-21(25)13-27-18-10-5-15(3)12-19(18)26-4/h5-10,12,14H,11,13H2,1-4H3,(H,22,24)(H,23,25). The quantitative estimate of drug-likeness (QED) is 0.736. The van der Waals surface area contributed by atoms with Crippen LogP contribution in [-0.4, -0.2) is 25.5 Å². The molecule has 6 nitrogen and oxygen atoms in total. The molecule has 0 radical (unpaired) electrons. The van der Waals surface area contributed by atoms with E-state index in [4.69, 9.17) is 9.47 Å². The van der Waals surface area contributed by atoms with E-state index in [0.29, 0.717) is 35.2 Å². The van der Waals surface area contributed by atoms with Crippen molar-refractivity contribution in [1.29, 1.82) is 0 Å². The fourth-order valence-electron chi connectivity index (χ4n) is 2.45. The van der Waals surface area contributed by atoms with Gasteiger partial charge in [0.05, 0.1) is 7.11 Å². The Morgan fingerprint density at radius 3 is 2.07 bits per heavy atom. The highest BCUT2D eigenvalue weighted by Crippen LogP contribution is 2.27. The summed E-state index contributed by atoms with van der Waals surface area (Å²) in [5.41, 5.74) is 2.37. The van der Waals surface area contributed by atoms with Crippen LogP contribution in [0.5, 0.6) is 11.5 Å². The second-order valence-electron chi connectivity index (χ2n) is 6.71. The van der Waals surface area contributed by atoms with Crippen molar-refractivity contribution in [2.45, 2.75) is 27.2 Å². The molecule has 0 aliphatic heterocycles. The minimum atomic E-state index is -0.283. The number of carbonyl (C=O) groups excluding carboxylic acids is 2. The van der Waals surface area contributed by atoms with E-state index in [1.54, 1.807) is 37.4 Å². The summed E-state index contributed by atoms with van der Waals surface area (Å²) in [6.07, 6.45) is 0.471. The van der Waals surface area contributed by atoms with Crippen LogP contribution in [0, 0.1) is 12.8 Å². The molecular weight excluding hydrogens is 344 g/mol. The van der Waals surface area contributed by atoms with Gasteiger partial charge in [-0.05, 0) is 54.8 Å². The monoisotopic (exact) mass is 370 g/mol. The number of aryl methyl sites for hydroxylation is 1. The Morgan fingerprint density at radius 1 is 0.926 bits per heavy atom. The number of nitrogens with one attached hydrogen (secondary N) is 2. The third-order valence-corrected chi connectivity index (χ3v) is 3.72. The first-order valence-electron chi connectivity index (χ1n) is 8.84. The second kappa shape index (κ2) is 9.62. The van der Waals surface area contributed by atoms with Gasteiger partial charge in [0.15, 0.2) is 18.1 Å². The summed E-state index contributed by atoms with van der Waals surface area (Å²) in [6.45, 7) is 5.80. The summed E-state index contributed by atoms with van der Waals surface area (Å²) in [6, 6.07) is 12.5. The largest absolute Gasteiger partial charge is 0.493 e. The molecule has 0 spiro atoms. The van der Waals surface area contributed by atoms with Gasteiger partial charge >= 0.3 is 0 Å². The molecule has 27 heavy (non-hydrogen) atoms. The van der Waals surface area contributed by atoms with Gasteiger partial charge in [0.25, 0.3) is 5.91 Å². The number of hydrogen-bond donors (Lipinski definition) is 2. The molecule has 0 fully saturated rings. The van der Waals surface area contributed by atoms with Crippen LogP contribution >= 0.6 is 0 Å². The molecule has 0 heterocycles. The fourth-order valence-corrected chi connectivity index (χ4v) is 2.45. The predicted octanol–water partition coefficient (Wildman–Crippen LogP) is 4.01. The third kappa shape index (κ3) is 6.66. The lowest BCUT2D eigenvalue weighted by atomic mass is 10.1. The minimum Gasteiger partial charge on any atom is -0.493 e. The first-order valence-corrected chi connectivity index (χ1v) is 8.84. The maximum absolute atomic E-state index is 12.1. The lowest BCUT2D eigenvalue weighted by Gasteiger charge is -2.12. The molecule has 0 aromatic heterocycles. The number of carbonyl (C=O) groups is 2. The predicted molar refractivity (Wildman–Crippen MR) is 106 cm³/mol. The molecule has 0 saturated heterocycles. The lowest BCUT2D eigenvalue weighted by molar-refractivity contribution is -0.118. The van der Waals surface area contributed by atoms with Crippen molar-refractivity contribution in [3.8, 4) is 11.5 Å². The zero-order valence-electron chi connectivity index (χ0n) is 16.2. The van der Waals surface area contributed by atoms with Crippen LogP contribution in [0.1, 0.15) is 25.8 Å². The van der Waals surface area contributed by atoms with E-state index in [9.17, 15) is 9.59 Å². The highest BCUT2D eigenvalue weighted by Gasteiger charge is 2.09. The van der Waals surface area contributed by atoms with Gasteiger partial charge < -0.3 is 20.1 Å². The highest BCUT2D eigenvalue weighted by molar-refractivity contribution is 5.93. The molecule has 0 unspecified atom stereocenters. The van der Waals surface area contributed by atoms with Gasteiger partial charge in [-0.1, -0.05) is 19.9 Å². The maximum atomic E-state index is 12.1. The molecule has 6 heteroatoms. The Hall–Kier alpha value is -3.02. The second-order valence-corrected chi connectivity index (χ2v) is 6.71. The van der Waals surface area contributed by atoms with E-state index in [1.807, 2.05) is 32.9 Å². The number of anilines is 2. The number of hydrogen-bond acceptors (Lipinski definition) is 4. The van der Waals surface area contributed by atoms with Gasteiger partial charge in [0.2, 0.25) is 5.91 Å². The summed E-state index contributed by atoms with van der Waals surface area (Å²) in [5.74, 6) is 1.10. The average molecular weight is 370 g/mol. The van der Waals surface area contributed by atoms with Gasteiger partial charge in [0, 0.05) is 17.8 Å². The summed E-state index contributed by atoms with van der Waals surface area (Å²) in [5, 5.41) is 5.58. The van der Waals surface area contributed by atoms with Crippen LogP contribution in [0.4, 0.5) is 11.4 Å². The molecule has 2 amide bonds. The first kappa shape index (κ1) is 20.3. The Labute approximate surface area is 159 Å². The Bertz CT molecular complexity index is 785. The number of ether oxygens (including phenoxy) is 2. The maximum Gasteiger partial charge on any atom is 0.262 e. The number of benzene rings is 2. The summed E-state index contributed by atoms with van der Waals surface area (Å²) >= 11 is 0. The van der Waals surface area contributed by atoms with Gasteiger partial charge in [0.1, 0.15) is 0 Å². The summed E-state index contributed by atoms with van der Waals surface area (Å²) < 4.78 is 10.8. The van der Waals surface area contributed by atoms with Crippen LogP contribution in [0.15, 0.2) is 42.5 Å². The van der Waals surface area contributed by atoms with Crippen molar-refractivity contribution in [1.82, 2.24) is 0 Å². The molecule has 0 bridgehead atoms. The fraction of sp³-hybridized carbons (Fsp3) is 0.333. The van der Waals surface area contributed by atoms with Gasteiger partial charge in [-0.3, -0.25) is 9.59 Å². The van der Waals surface area contributed by atoms with Crippen molar-refractivity contribution in [2.24, 2.45) is 5.92 Å². The SMILES string of the molecule is COc1cc(C)ccc1OCC(=O)Nc1ccc(NC(=O)CC(C)C)cc1. The van der Waals surface area contributed by atoms with Crippen LogP contribution in [0.3, 0.4) is 0 Å². The first-order chi connectivity index (χ1) is 12.9. The van der Waals surface area contributed by atoms with Crippen LogP contribution in [0.2, 0.25) is 0 Å². The van der Waals surface area contributed by atoms with Crippen molar-refractivity contribution in [2.75, 3.05) is 24.4 Å². The Morgan fingerprint density at radius 2 is 1.52 bits per heavy atom. The lowest BCUT2D eigenvalue weighted by Crippen LogP contribution is -2.20. The molecule has 0 saturated carbocycles. The molecule has 0 aliphatic carbocycles. The van der Waals surface area contributed by atoms with Crippen molar-refractivity contribution in [3.05, 3.63) is 48.0 Å². The van der Waals surface area contributed by atoms with Gasteiger partial charge in [-0.2, -0.15) is 0 Å².